The molecule has 1 heterocycles. The summed E-state index contributed by atoms with van der Waals surface area (Å²) in [6.45, 7) is 3.01. The topological polar surface area (TPSA) is 72.0 Å². The van der Waals surface area contributed by atoms with Gasteiger partial charge in [0.25, 0.3) is 0 Å². The SMILES string of the molecule is Cc1ccccc1NC(=O)NN=Cc1ccc2c(c1)OCCO2. The second kappa shape index (κ2) is 6.83. The fourth-order valence-corrected chi connectivity index (χ4v) is 2.17. The number of nitrogens with zero attached hydrogens (tertiary/aromatic N) is 1. The van der Waals surface area contributed by atoms with Crippen LogP contribution < -0.4 is 20.2 Å². The molecule has 0 fully saturated rings. The molecule has 1 aliphatic rings. The van der Waals surface area contributed by atoms with Gasteiger partial charge in [0.15, 0.2) is 11.5 Å². The van der Waals surface area contributed by atoms with E-state index in [0.717, 1.165) is 22.6 Å². The van der Waals surface area contributed by atoms with E-state index in [1.807, 2.05) is 49.4 Å². The smallest absolute Gasteiger partial charge is 0.339 e. The number of hydrogen-bond donors (Lipinski definition) is 2. The first-order valence-electron chi connectivity index (χ1n) is 7.28. The van der Waals surface area contributed by atoms with Crippen molar-refractivity contribution in [1.82, 2.24) is 5.43 Å². The summed E-state index contributed by atoms with van der Waals surface area (Å²) in [5.41, 5.74) is 4.98. The molecule has 3 rings (SSSR count). The standard InChI is InChI=1S/C17H17N3O3/c1-12-4-2-3-5-14(12)19-17(21)20-18-11-13-6-7-15-16(10-13)23-9-8-22-15/h2-7,10-11H,8-9H2,1H3,(H2,19,20,21). The van der Waals surface area contributed by atoms with Crippen LogP contribution in [0.2, 0.25) is 0 Å². The van der Waals surface area contributed by atoms with Crippen LogP contribution >= 0.6 is 0 Å². The number of aryl methyl sites for hydroxylation is 1. The van der Waals surface area contributed by atoms with Crippen LogP contribution in [-0.4, -0.2) is 25.5 Å². The molecular formula is C17H17N3O3. The highest BCUT2D eigenvalue weighted by Crippen LogP contribution is 2.30. The van der Waals surface area contributed by atoms with Gasteiger partial charge >= 0.3 is 6.03 Å². The molecule has 118 valence electrons. The molecule has 0 unspecified atom stereocenters. The number of benzene rings is 2. The Morgan fingerprint density at radius 2 is 1.91 bits per heavy atom. The zero-order valence-corrected chi connectivity index (χ0v) is 12.7. The third-order valence-corrected chi connectivity index (χ3v) is 3.34. The number of carbonyl (C=O) groups excluding carboxylic acids is 1. The van der Waals surface area contributed by atoms with Gasteiger partial charge in [0.1, 0.15) is 13.2 Å². The lowest BCUT2D eigenvalue weighted by atomic mass is 10.2. The van der Waals surface area contributed by atoms with Crippen LogP contribution in [0.4, 0.5) is 10.5 Å². The predicted octanol–water partition coefficient (Wildman–Crippen LogP) is 2.92. The first-order valence-corrected chi connectivity index (χ1v) is 7.28. The molecule has 0 saturated carbocycles. The molecule has 0 atom stereocenters. The minimum Gasteiger partial charge on any atom is -0.486 e. The van der Waals surface area contributed by atoms with Crippen molar-refractivity contribution < 1.29 is 14.3 Å². The van der Waals surface area contributed by atoms with Crippen molar-refractivity contribution in [3.05, 3.63) is 53.6 Å². The Morgan fingerprint density at radius 1 is 1.13 bits per heavy atom. The van der Waals surface area contributed by atoms with Crippen LogP contribution in [0, 0.1) is 6.92 Å². The summed E-state index contributed by atoms with van der Waals surface area (Å²) < 4.78 is 10.9. The summed E-state index contributed by atoms with van der Waals surface area (Å²) in [6.07, 6.45) is 1.55. The number of urea groups is 1. The zero-order chi connectivity index (χ0) is 16.1. The summed E-state index contributed by atoms with van der Waals surface area (Å²) in [6, 6.07) is 12.6. The number of para-hydroxylation sites is 1. The van der Waals surface area contributed by atoms with E-state index in [1.54, 1.807) is 6.21 Å². The Labute approximate surface area is 134 Å². The maximum absolute atomic E-state index is 11.8. The first kappa shape index (κ1) is 14.9. The quantitative estimate of drug-likeness (QED) is 0.676. The van der Waals surface area contributed by atoms with Crippen molar-refractivity contribution in [2.45, 2.75) is 6.92 Å². The number of hydrogen-bond acceptors (Lipinski definition) is 4. The molecule has 0 spiro atoms. The molecular weight excluding hydrogens is 294 g/mol. The van der Waals surface area contributed by atoms with Crippen molar-refractivity contribution in [2.24, 2.45) is 5.10 Å². The Balaban J connectivity index is 1.58. The van der Waals surface area contributed by atoms with Gasteiger partial charge in [0.05, 0.1) is 6.21 Å². The van der Waals surface area contributed by atoms with Crippen molar-refractivity contribution in [3.8, 4) is 11.5 Å². The van der Waals surface area contributed by atoms with Gasteiger partial charge in [-0.15, -0.1) is 0 Å². The lowest BCUT2D eigenvalue weighted by Crippen LogP contribution is -2.24. The van der Waals surface area contributed by atoms with E-state index in [4.69, 9.17) is 9.47 Å². The molecule has 2 N–H and O–H groups in total. The largest absolute Gasteiger partial charge is 0.486 e. The number of fused-ring (bicyclic) bond motifs is 1. The van der Waals surface area contributed by atoms with Crippen molar-refractivity contribution in [2.75, 3.05) is 18.5 Å². The molecule has 6 heteroatoms. The molecule has 23 heavy (non-hydrogen) atoms. The number of nitrogens with one attached hydrogen (secondary N) is 2. The fraction of sp³-hybridized carbons (Fsp3) is 0.176. The average molecular weight is 311 g/mol. The Bertz CT molecular complexity index is 744. The van der Waals surface area contributed by atoms with Crippen LogP contribution in [0.25, 0.3) is 0 Å². The van der Waals surface area contributed by atoms with Gasteiger partial charge in [-0.3, -0.25) is 0 Å². The maximum atomic E-state index is 11.8. The molecule has 0 aliphatic carbocycles. The fourth-order valence-electron chi connectivity index (χ4n) is 2.17. The highest BCUT2D eigenvalue weighted by Gasteiger charge is 2.10. The molecule has 2 amide bonds. The highest BCUT2D eigenvalue weighted by atomic mass is 16.6. The molecule has 1 aliphatic heterocycles. The minimum atomic E-state index is -0.395. The van der Waals surface area contributed by atoms with E-state index in [-0.39, 0.29) is 0 Å². The summed E-state index contributed by atoms with van der Waals surface area (Å²) in [5.74, 6) is 1.41. The van der Waals surface area contributed by atoms with Gasteiger partial charge < -0.3 is 14.8 Å². The lowest BCUT2D eigenvalue weighted by Gasteiger charge is -2.18. The number of amides is 2. The Kier molecular flexibility index (Phi) is 4.42. The second-order valence-electron chi connectivity index (χ2n) is 5.04. The summed E-state index contributed by atoms with van der Waals surface area (Å²) >= 11 is 0. The normalized spacial score (nSPS) is 12.9. The van der Waals surface area contributed by atoms with Crippen molar-refractivity contribution in [3.63, 3.8) is 0 Å². The average Bonchev–Trinajstić information content (AvgIpc) is 2.57. The number of hydrazone groups is 1. The number of anilines is 1. The molecule has 6 nitrogen and oxygen atoms in total. The van der Waals surface area contributed by atoms with E-state index < -0.39 is 6.03 Å². The summed E-state index contributed by atoms with van der Waals surface area (Å²) in [4.78, 5) is 11.8. The predicted molar refractivity (Wildman–Crippen MR) is 88.4 cm³/mol. The third kappa shape index (κ3) is 3.79. The second-order valence-corrected chi connectivity index (χ2v) is 5.04. The van der Waals surface area contributed by atoms with E-state index in [1.165, 1.54) is 0 Å². The molecule has 0 saturated heterocycles. The van der Waals surface area contributed by atoms with Crippen molar-refractivity contribution in [1.29, 1.82) is 0 Å². The first-order chi connectivity index (χ1) is 11.2. The highest BCUT2D eigenvalue weighted by molar-refractivity contribution is 5.91. The van der Waals surface area contributed by atoms with Gasteiger partial charge in [-0.25, -0.2) is 10.2 Å². The molecule has 0 bridgehead atoms. The zero-order valence-electron chi connectivity index (χ0n) is 12.7. The minimum absolute atomic E-state index is 0.395. The molecule has 0 aromatic heterocycles. The van der Waals surface area contributed by atoms with Gasteiger partial charge in [-0.2, -0.15) is 5.10 Å². The molecule has 0 radical (unpaired) electrons. The molecule has 2 aromatic carbocycles. The van der Waals surface area contributed by atoms with Gasteiger partial charge in [-0.05, 0) is 42.3 Å². The van der Waals surface area contributed by atoms with Crippen LogP contribution in [0.3, 0.4) is 0 Å². The van der Waals surface area contributed by atoms with E-state index in [2.05, 4.69) is 15.8 Å². The Morgan fingerprint density at radius 3 is 2.74 bits per heavy atom. The van der Waals surface area contributed by atoms with Gasteiger partial charge in [0.2, 0.25) is 0 Å². The van der Waals surface area contributed by atoms with E-state index in [9.17, 15) is 4.79 Å². The summed E-state index contributed by atoms with van der Waals surface area (Å²) in [7, 11) is 0. The monoisotopic (exact) mass is 311 g/mol. The number of rotatable bonds is 3. The van der Waals surface area contributed by atoms with Crippen molar-refractivity contribution >= 4 is 17.9 Å². The lowest BCUT2D eigenvalue weighted by molar-refractivity contribution is 0.171. The van der Waals surface area contributed by atoms with E-state index in [0.29, 0.717) is 19.0 Å². The molecule has 2 aromatic rings. The number of ether oxygens (including phenoxy) is 2. The van der Waals surface area contributed by atoms with Gasteiger partial charge in [0, 0.05) is 5.69 Å². The van der Waals surface area contributed by atoms with Crippen LogP contribution in [0.5, 0.6) is 11.5 Å². The van der Waals surface area contributed by atoms with Crippen LogP contribution in [-0.2, 0) is 0 Å². The Hall–Kier alpha value is -3.02. The van der Waals surface area contributed by atoms with Gasteiger partial charge in [-0.1, -0.05) is 18.2 Å². The number of carbonyl (C=O) groups is 1. The van der Waals surface area contributed by atoms with E-state index >= 15 is 0 Å². The summed E-state index contributed by atoms with van der Waals surface area (Å²) in [5, 5.41) is 6.67. The van der Waals surface area contributed by atoms with Crippen LogP contribution in [0.15, 0.2) is 47.6 Å². The van der Waals surface area contributed by atoms with Crippen LogP contribution in [0.1, 0.15) is 11.1 Å². The third-order valence-electron chi connectivity index (χ3n) is 3.34. The maximum Gasteiger partial charge on any atom is 0.339 e.